The van der Waals surface area contributed by atoms with Crippen LogP contribution in [0.2, 0.25) is 0 Å². The summed E-state index contributed by atoms with van der Waals surface area (Å²) >= 11 is 0. The molecule has 0 bridgehead atoms. The Labute approximate surface area is 590 Å². The largest absolute Gasteiger partial charge is 0.310 e. The lowest BCUT2D eigenvalue weighted by molar-refractivity contribution is 1.17. The van der Waals surface area contributed by atoms with E-state index in [0.29, 0.717) is 5.82 Å². The third-order valence-electron chi connectivity index (χ3n) is 19.7. The maximum atomic E-state index is 5.67. The van der Waals surface area contributed by atoms with Crippen molar-refractivity contribution in [1.29, 1.82) is 0 Å². The Kier molecular flexibility index (Phi) is 14.7. The summed E-state index contributed by atoms with van der Waals surface area (Å²) in [6, 6.07) is 139. The first-order valence-corrected chi connectivity index (χ1v) is 34.6. The molecule has 0 saturated carbocycles. The molecule has 102 heavy (non-hydrogen) atoms. The number of nitrogens with zero attached hydrogens (tertiary/aromatic N) is 8. The van der Waals surface area contributed by atoms with Crippen molar-refractivity contribution in [3.05, 3.63) is 388 Å². The Balaban J connectivity index is 0.778. The van der Waals surface area contributed by atoms with Crippen molar-refractivity contribution >= 4 is 117 Å². The summed E-state index contributed by atoms with van der Waals surface area (Å²) in [5.74, 6) is 0.592. The van der Waals surface area contributed by atoms with Crippen LogP contribution < -0.4 is 14.7 Å². The van der Waals surface area contributed by atoms with Gasteiger partial charge in [0, 0.05) is 117 Å². The zero-order valence-corrected chi connectivity index (χ0v) is 55.5. The van der Waals surface area contributed by atoms with Gasteiger partial charge in [0.25, 0.3) is 0 Å². The van der Waals surface area contributed by atoms with Crippen molar-refractivity contribution in [2.45, 2.75) is 0 Å². The normalized spacial score (nSPS) is 11.5. The molecule has 4 heterocycles. The second-order valence-corrected chi connectivity index (χ2v) is 25.8. The lowest BCUT2D eigenvalue weighted by Gasteiger charge is -2.26. The highest BCUT2D eigenvalue weighted by Crippen LogP contribution is 2.46. The molecule has 0 amide bonds. The summed E-state index contributed by atoms with van der Waals surface area (Å²) in [6.45, 7) is 0. The first-order chi connectivity index (χ1) is 50.6. The molecule has 0 fully saturated rings. The van der Waals surface area contributed by atoms with Crippen LogP contribution in [0, 0.1) is 0 Å². The highest BCUT2D eigenvalue weighted by Gasteiger charge is 2.24. The molecule has 0 aliphatic heterocycles. The van der Waals surface area contributed by atoms with Crippen LogP contribution >= 0.6 is 0 Å². The minimum absolute atomic E-state index is 0.592. The van der Waals surface area contributed by atoms with Gasteiger partial charge in [-0.25, -0.2) is 9.97 Å². The number of para-hydroxylation sites is 9. The summed E-state index contributed by atoms with van der Waals surface area (Å²) in [6.07, 6.45) is 0. The Morgan fingerprint density at radius 1 is 0.176 bits per heavy atom. The van der Waals surface area contributed by atoms with Gasteiger partial charge in [-0.3, -0.25) is 0 Å². The fraction of sp³-hybridized carbons (Fsp3) is 0. The van der Waals surface area contributed by atoms with E-state index >= 15 is 0 Å². The molecule has 0 spiro atoms. The van der Waals surface area contributed by atoms with E-state index in [2.05, 4.69) is 417 Å². The second kappa shape index (κ2) is 25.2. The molecule has 8 heteroatoms. The van der Waals surface area contributed by atoms with Crippen molar-refractivity contribution in [2.75, 3.05) is 14.7 Å². The van der Waals surface area contributed by atoms with Gasteiger partial charge < -0.3 is 28.4 Å². The van der Waals surface area contributed by atoms with E-state index in [1.54, 1.807) is 0 Å². The van der Waals surface area contributed by atoms with Crippen molar-refractivity contribution in [3.63, 3.8) is 0 Å². The Morgan fingerprint density at radius 2 is 0.431 bits per heavy atom. The van der Waals surface area contributed by atoms with E-state index in [0.717, 1.165) is 129 Å². The topological polar surface area (TPSA) is 50.3 Å². The van der Waals surface area contributed by atoms with Crippen LogP contribution in [0.1, 0.15) is 0 Å². The predicted octanol–water partition coefficient (Wildman–Crippen LogP) is 25.2. The highest BCUT2D eigenvalue weighted by atomic mass is 15.2. The zero-order valence-electron chi connectivity index (χ0n) is 55.5. The second-order valence-electron chi connectivity index (χ2n) is 25.8. The monoisotopic (exact) mass is 1300 g/mol. The zero-order chi connectivity index (χ0) is 67.5. The van der Waals surface area contributed by atoms with Crippen molar-refractivity contribution in [2.24, 2.45) is 0 Å². The van der Waals surface area contributed by atoms with E-state index in [9.17, 15) is 0 Å². The molecule has 0 aliphatic rings. The number of fused-ring (bicyclic) bond motifs is 9. The molecule has 19 rings (SSSR count). The van der Waals surface area contributed by atoms with Crippen LogP contribution in [0.4, 0.5) is 51.2 Å². The number of anilines is 9. The SMILES string of the molecule is c1ccc(N(c2cccc(-c3cc(-c4cccc(N(c5ccccc5)c5ccc6c(c5)c5ccccc5n6-c5ccccc5)c4)nc(-c4cccc(N(c5ccccc5)c5ccc6c(c5)c5ccccc5n6-c5ccccc5)c4)n3)c2)c2ccc3c(c2)c2ccccc2n3-c2ccccc2)cc1. The molecule has 0 N–H and O–H groups in total. The molecule has 480 valence electrons. The summed E-state index contributed by atoms with van der Waals surface area (Å²) in [7, 11) is 0. The average Bonchev–Trinajstić information content (AvgIpc) is 1.59. The first kappa shape index (κ1) is 59.4. The van der Waals surface area contributed by atoms with Crippen LogP contribution in [-0.4, -0.2) is 23.7 Å². The quantitative estimate of drug-likeness (QED) is 0.102. The number of hydrogen-bond donors (Lipinski definition) is 0. The molecule has 4 aromatic heterocycles. The van der Waals surface area contributed by atoms with Gasteiger partial charge in [-0.05, 0) is 188 Å². The van der Waals surface area contributed by atoms with Crippen molar-refractivity contribution in [3.8, 4) is 51.0 Å². The summed E-state index contributed by atoms with van der Waals surface area (Å²) in [5, 5.41) is 7.07. The fourth-order valence-electron chi connectivity index (χ4n) is 15.2. The lowest BCUT2D eigenvalue weighted by Crippen LogP contribution is -2.10. The maximum absolute atomic E-state index is 5.67. The highest BCUT2D eigenvalue weighted by molar-refractivity contribution is 6.13. The van der Waals surface area contributed by atoms with Crippen LogP contribution in [0.5, 0.6) is 0 Å². The van der Waals surface area contributed by atoms with Gasteiger partial charge >= 0.3 is 0 Å². The van der Waals surface area contributed by atoms with Crippen LogP contribution in [0.25, 0.3) is 116 Å². The third-order valence-corrected chi connectivity index (χ3v) is 19.7. The van der Waals surface area contributed by atoms with Crippen molar-refractivity contribution < 1.29 is 0 Å². The average molecular weight is 1310 g/mol. The smallest absolute Gasteiger partial charge is 0.160 e. The van der Waals surface area contributed by atoms with E-state index in [-0.39, 0.29) is 0 Å². The van der Waals surface area contributed by atoms with Crippen LogP contribution in [0.3, 0.4) is 0 Å². The van der Waals surface area contributed by atoms with Gasteiger partial charge in [0.2, 0.25) is 0 Å². The summed E-state index contributed by atoms with van der Waals surface area (Å²) in [4.78, 5) is 18.4. The third kappa shape index (κ3) is 10.5. The molecule has 8 nitrogen and oxygen atoms in total. The number of hydrogen-bond acceptors (Lipinski definition) is 5. The van der Waals surface area contributed by atoms with E-state index in [1.807, 2.05) is 0 Å². The minimum atomic E-state index is 0.592. The maximum Gasteiger partial charge on any atom is 0.160 e. The molecule has 0 radical (unpaired) electrons. The molecule has 19 aromatic rings. The van der Waals surface area contributed by atoms with Gasteiger partial charge in [0.15, 0.2) is 5.82 Å². The standard InChI is InChI=1S/C94H64N8/c1-7-31-68(32-8-1)97(77-52-55-91-83(61-77)80-46-19-22-49-88(80)100(91)71-37-13-4-14-38-71)74-43-25-28-65(58-74)86-64-87(66-29-26-44-75(59-66)98(69-33-9-2-10-34-69)78-53-56-92-84(62-78)81-47-20-23-50-89(81)101(92)72-39-15-5-16-40-72)96-94(95-86)67-30-27-45-76(60-67)99(70-35-11-3-12-36-70)79-54-57-93-85(63-79)82-48-21-24-51-90(82)102(93)73-41-17-6-18-42-73/h1-64H. The van der Waals surface area contributed by atoms with E-state index in [1.165, 1.54) is 32.3 Å². The number of benzene rings is 15. The number of rotatable bonds is 15. The minimum Gasteiger partial charge on any atom is -0.310 e. The summed E-state index contributed by atoms with van der Waals surface area (Å²) < 4.78 is 7.10. The van der Waals surface area contributed by atoms with Gasteiger partial charge in [-0.2, -0.15) is 0 Å². The predicted molar refractivity (Wildman–Crippen MR) is 425 cm³/mol. The van der Waals surface area contributed by atoms with Gasteiger partial charge in [0.05, 0.1) is 44.5 Å². The molecular weight excluding hydrogens is 1240 g/mol. The molecule has 0 saturated heterocycles. The lowest BCUT2D eigenvalue weighted by atomic mass is 10.0. The van der Waals surface area contributed by atoms with Crippen LogP contribution in [0.15, 0.2) is 388 Å². The fourth-order valence-corrected chi connectivity index (χ4v) is 15.2. The Hall–Kier alpha value is -13.8. The molecule has 15 aromatic carbocycles. The van der Waals surface area contributed by atoms with Gasteiger partial charge in [-0.1, -0.05) is 200 Å². The molecular formula is C94H64N8. The van der Waals surface area contributed by atoms with Gasteiger partial charge in [0.1, 0.15) is 0 Å². The number of aromatic nitrogens is 5. The first-order valence-electron chi connectivity index (χ1n) is 34.6. The van der Waals surface area contributed by atoms with E-state index in [4.69, 9.17) is 9.97 Å². The Bertz CT molecular complexity index is 5700. The van der Waals surface area contributed by atoms with Gasteiger partial charge in [-0.15, -0.1) is 0 Å². The molecule has 0 atom stereocenters. The molecule has 0 aliphatic carbocycles. The van der Waals surface area contributed by atoms with E-state index < -0.39 is 0 Å². The Morgan fingerprint density at radius 3 is 0.765 bits per heavy atom. The summed E-state index contributed by atoms with van der Waals surface area (Å²) in [5.41, 5.74) is 23.7. The van der Waals surface area contributed by atoms with Crippen molar-refractivity contribution in [1.82, 2.24) is 23.7 Å². The van der Waals surface area contributed by atoms with Crippen LogP contribution in [-0.2, 0) is 0 Å². The molecule has 0 unspecified atom stereocenters.